The smallest absolute Gasteiger partial charge is 0.0408 e. The molecule has 1 heterocycles. The second-order valence-corrected chi connectivity index (χ2v) is 7.33. The second-order valence-electron chi connectivity index (χ2n) is 6.89. The fraction of sp³-hybridized carbons (Fsp3) is 0.667. The van der Waals surface area contributed by atoms with Gasteiger partial charge in [0.25, 0.3) is 0 Å². The Morgan fingerprint density at radius 3 is 2.76 bits per heavy atom. The molecular formula is C18H27ClN2. The van der Waals surface area contributed by atoms with Gasteiger partial charge in [0.1, 0.15) is 0 Å². The van der Waals surface area contributed by atoms with Crippen LogP contribution in [-0.2, 0) is 12.8 Å². The number of halogens is 1. The van der Waals surface area contributed by atoms with E-state index in [9.17, 15) is 0 Å². The van der Waals surface area contributed by atoms with Gasteiger partial charge in [0.15, 0.2) is 0 Å². The summed E-state index contributed by atoms with van der Waals surface area (Å²) in [5, 5.41) is 4.64. The summed E-state index contributed by atoms with van der Waals surface area (Å²) in [5.41, 5.74) is 2.91. The molecule has 1 aliphatic carbocycles. The summed E-state index contributed by atoms with van der Waals surface area (Å²) in [4.78, 5) is 2.64. The molecule has 3 heteroatoms. The normalized spacial score (nSPS) is 24.0. The van der Waals surface area contributed by atoms with Gasteiger partial charge >= 0.3 is 0 Å². The lowest BCUT2D eigenvalue weighted by Gasteiger charge is -2.29. The number of likely N-dealkylation sites (tertiary alicyclic amines) is 1. The Hall–Kier alpha value is -0.570. The fourth-order valence-electron chi connectivity index (χ4n) is 3.75. The summed E-state index contributed by atoms with van der Waals surface area (Å²) in [6.45, 7) is 7.36. The van der Waals surface area contributed by atoms with E-state index < -0.39 is 0 Å². The summed E-state index contributed by atoms with van der Waals surface area (Å²) in [5.74, 6) is 0.732. The molecule has 0 aromatic heterocycles. The predicted molar refractivity (Wildman–Crippen MR) is 90.1 cm³/mol. The molecule has 0 amide bonds. The molecule has 2 nitrogen and oxygen atoms in total. The molecular weight excluding hydrogens is 280 g/mol. The zero-order valence-electron chi connectivity index (χ0n) is 13.1. The lowest BCUT2D eigenvalue weighted by atomic mass is 10.1. The maximum Gasteiger partial charge on any atom is 0.0408 e. The maximum atomic E-state index is 6.08. The van der Waals surface area contributed by atoms with E-state index in [1.807, 2.05) is 6.07 Å². The van der Waals surface area contributed by atoms with Gasteiger partial charge < -0.3 is 10.2 Å². The van der Waals surface area contributed by atoms with Crippen molar-refractivity contribution in [1.29, 1.82) is 0 Å². The highest BCUT2D eigenvalue weighted by molar-refractivity contribution is 6.30. The van der Waals surface area contributed by atoms with Gasteiger partial charge in [-0.25, -0.2) is 0 Å². The Balaban J connectivity index is 1.42. The van der Waals surface area contributed by atoms with Crippen LogP contribution in [0.15, 0.2) is 18.2 Å². The summed E-state index contributed by atoms with van der Waals surface area (Å²) in [6, 6.07) is 6.94. The van der Waals surface area contributed by atoms with E-state index in [1.54, 1.807) is 0 Å². The first kappa shape index (κ1) is 15.3. The molecule has 2 unspecified atom stereocenters. The minimum absolute atomic E-state index is 0.599. The van der Waals surface area contributed by atoms with Crippen molar-refractivity contribution in [2.24, 2.45) is 5.92 Å². The van der Waals surface area contributed by atoms with Crippen LogP contribution in [0.5, 0.6) is 0 Å². The van der Waals surface area contributed by atoms with E-state index >= 15 is 0 Å². The van der Waals surface area contributed by atoms with Crippen molar-refractivity contribution < 1.29 is 0 Å². The SMILES string of the molecule is CC(CNC1Cc2ccc(Cl)cc2C1)CN1CCCCC1. The zero-order valence-corrected chi connectivity index (χ0v) is 13.8. The third kappa shape index (κ3) is 4.21. The Morgan fingerprint density at radius 1 is 1.19 bits per heavy atom. The summed E-state index contributed by atoms with van der Waals surface area (Å²) < 4.78 is 0. The molecule has 0 saturated carbocycles. The highest BCUT2D eigenvalue weighted by Crippen LogP contribution is 2.25. The van der Waals surface area contributed by atoms with Crippen LogP contribution >= 0.6 is 11.6 Å². The zero-order chi connectivity index (χ0) is 14.7. The first-order chi connectivity index (χ1) is 10.2. The summed E-state index contributed by atoms with van der Waals surface area (Å²) in [6.07, 6.45) is 6.49. The lowest BCUT2D eigenvalue weighted by molar-refractivity contribution is 0.197. The Bertz CT molecular complexity index is 468. The van der Waals surface area contributed by atoms with Gasteiger partial charge in [0, 0.05) is 17.6 Å². The lowest BCUT2D eigenvalue weighted by Crippen LogP contribution is -2.39. The molecule has 0 bridgehead atoms. The topological polar surface area (TPSA) is 15.3 Å². The fourth-order valence-corrected chi connectivity index (χ4v) is 3.94. The van der Waals surface area contributed by atoms with E-state index in [1.165, 1.54) is 50.0 Å². The number of benzene rings is 1. The molecule has 1 aliphatic heterocycles. The van der Waals surface area contributed by atoms with Crippen LogP contribution in [0.2, 0.25) is 5.02 Å². The van der Waals surface area contributed by atoms with Crippen LogP contribution in [0.25, 0.3) is 0 Å². The van der Waals surface area contributed by atoms with Crippen LogP contribution in [0.3, 0.4) is 0 Å². The first-order valence-electron chi connectivity index (χ1n) is 8.44. The molecule has 0 radical (unpaired) electrons. The minimum Gasteiger partial charge on any atom is -0.313 e. The highest BCUT2D eigenvalue weighted by atomic mass is 35.5. The maximum absolute atomic E-state index is 6.08. The molecule has 1 saturated heterocycles. The largest absolute Gasteiger partial charge is 0.313 e. The third-order valence-corrected chi connectivity index (χ3v) is 5.11. The van der Waals surface area contributed by atoms with Gasteiger partial charge in [-0.2, -0.15) is 0 Å². The van der Waals surface area contributed by atoms with Crippen LogP contribution in [0.1, 0.15) is 37.3 Å². The van der Waals surface area contributed by atoms with Gasteiger partial charge in [-0.1, -0.05) is 31.0 Å². The van der Waals surface area contributed by atoms with Crippen molar-refractivity contribution in [2.45, 2.75) is 45.1 Å². The van der Waals surface area contributed by atoms with Crippen molar-refractivity contribution >= 4 is 11.6 Å². The number of rotatable bonds is 5. The van der Waals surface area contributed by atoms with Gasteiger partial charge in [0.2, 0.25) is 0 Å². The van der Waals surface area contributed by atoms with Gasteiger partial charge in [-0.3, -0.25) is 0 Å². The standard InChI is InChI=1S/C18H27ClN2/c1-14(13-21-7-3-2-4-8-21)12-20-18-10-15-5-6-17(19)9-16(15)11-18/h5-6,9,14,18,20H,2-4,7-8,10-13H2,1H3. The minimum atomic E-state index is 0.599. The molecule has 2 aliphatic rings. The van der Waals surface area contributed by atoms with Crippen LogP contribution < -0.4 is 5.32 Å². The molecule has 1 N–H and O–H groups in total. The average molecular weight is 307 g/mol. The Kier molecular flexibility index (Phi) is 5.20. The van der Waals surface area contributed by atoms with E-state index in [0.717, 1.165) is 30.3 Å². The van der Waals surface area contributed by atoms with Crippen molar-refractivity contribution in [3.8, 4) is 0 Å². The van der Waals surface area contributed by atoms with Crippen LogP contribution in [-0.4, -0.2) is 37.1 Å². The monoisotopic (exact) mass is 306 g/mol. The number of fused-ring (bicyclic) bond motifs is 1. The Labute approximate surface area is 133 Å². The number of hydrogen-bond donors (Lipinski definition) is 1. The van der Waals surface area contributed by atoms with Gasteiger partial charge in [0.05, 0.1) is 0 Å². The molecule has 1 aromatic rings. The highest BCUT2D eigenvalue weighted by Gasteiger charge is 2.22. The molecule has 3 rings (SSSR count). The molecule has 2 atom stereocenters. The number of hydrogen-bond acceptors (Lipinski definition) is 2. The van der Waals surface area contributed by atoms with Crippen molar-refractivity contribution in [3.63, 3.8) is 0 Å². The van der Waals surface area contributed by atoms with E-state index in [-0.39, 0.29) is 0 Å². The summed E-state index contributed by atoms with van der Waals surface area (Å²) >= 11 is 6.08. The van der Waals surface area contributed by atoms with Crippen molar-refractivity contribution in [2.75, 3.05) is 26.2 Å². The van der Waals surface area contributed by atoms with Crippen LogP contribution in [0.4, 0.5) is 0 Å². The molecule has 21 heavy (non-hydrogen) atoms. The van der Waals surface area contributed by atoms with E-state index in [4.69, 9.17) is 11.6 Å². The number of nitrogens with one attached hydrogen (secondary N) is 1. The molecule has 0 spiro atoms. The summed E-state index contributed by atoms with van der Waals surface area (Å²) in [7, 11) is 0. The molecule has 1 aromatic carbocycles. The van der Waals surface area contributed by atoms with E-state index in [0.29, 0.717) is 6.04 Å². The Morgan fingerprint density at radius 2 is 1.95 bits per heavy atom. The van der Waals surface area contributed by atoms with Crippen molar-refractivity contribution in [1.82, 2.24) is 10.2 Å². The first-order valence-corrected chi connectivity index (χ1v) is 8.81. The number of nitrogens with zero attached hydrogens (tertiary/aromatic N) is 1. The van der Waals surface area contributed by atoms with Gasteiger partial charge in [-0.15, -0.1) is 0 Å². The second kappa shape index (κ2) is 7.13. The predicted octanol–water partition coefficient (Wildman–Crippen LogP) is 3.52. The van der Waals surface area contributed by atoms with Crippen LogP contribution in [0, 0.1) is 5.92 Å². The van der Waals surface area contributed by atoms with Crippen molar-refractivity contribution in [3.05, 3.63) is 34.3 Å². The molecule has 116 valence electrons. The van der Waals surface area contributed by atoms with E-state index in [2.05, 4.69) is 29.3 Å². The number of piperidine rings is 1. The average Bonchev–Trinajstić information content (AvgIpc) is 2.88. The quantitative estimate of drug-likeness (QED) is 0.895. The van der Waals surface area contributed by atoms with Gasteiger partial charge in [-0.05, 0) is 74.5 Å². The molecule has 1 fully saturated rings. The third-order valence-electron chi connectivity index (χ3n) is 4.87.